The molecule has 7 nitrogen and oxygen atoms in total. The Morgan fingerprint density at radius 3 is 3.07 bits per heavy atom. The van der Waals surface area contributed by atoms with E-state index in [1.54, 1.807) is 24.5 Å². The molecule has 3 aromatic rings. The maximum Gasteiger partial charge on any atom is 0.241 e. The van der Waals surface area contributed by atoms with Gasteiger partial charge in [0.25, 0.3) is 0 Å². The third-order valence-electron chi connectivity index (χ3n) is 4.57. The van der Waals surface area contributed by atoms with E-state index < -0.39 is 0 Å². The van der Waals surface area contributed by atoms with Crippen LogP contribution >= 0.6 is 11.6 Å². The van der Waals surface area contributed by atoms with Gasteiger partial charge in [0.05, 0.1) is 25.4 Å². The van der Waals surface area contributed by atoms with Gasteiger partial charge in [-0.05, 0) is 43.7 Å². The number of nitrogens with one attached hydrogen (secondary N) is 1. The van der Waals surface area contributed by atoms with Crippen molar-refractivity contribution in [1.82, 2.24) is 20.4 Å². The van der Waals surface area contributed by atoms with Gasteiger partial charge in [-0.15, -0.1) is 0 Å². The van der Waals surface area contributed by atoms with Crippen LogP contribution < -0.4 is 5.32 Å². The zero-order valence-corrected chi connectivity index (χ0v) is 15.4. The van der Waals surface area contributed by atoms with Gasteiger partial charge in [0.15, 0.2) is 0 Å². The molecule has 0 aliphatic carbocycles. The van der Waals surface area contributed by atoms with E-state index in [1.807, 2.05) is 18.2 Å². The van der Waals surface area contributed by atoms with Gasteiger partial charge in [0.2, 0.25) is 17.6 Å². The lowest BCUT2D eigenvalue weighted by atomic mass is 10.2. The van der Waals surface area contributed by atoms with E-state index in [9.17, 15) is 4.79 Å². The van der Waals surface area contributed by atoms with E-state index >= 15 is 0 Å². The van der Waals surface area contributed by atoms with Gasteiger partial charge in [-0.1, -0.05) is 28.9 Å². The van der Waals surface area contributed by atoms with Crippen LogP contribution in [-0.4, -0.2) is 33.5 Å². The van der Waals surface area contributed by atoms with E-state index in [0.29, 0.717) is 29.8 Å². The summed E-state index contributed by atoms with van der Waals surface area (Å²) in [5.74, 6) is 1.69. The number of carbonyl (C=O) groups is 1. The molecule has 0 radical (unpaired) electrons. The minimum Gasteiger partial charge on any atom is -0.467 e. The van der Waals surface area contributed by atoms with E-state index in [-0.39, 0.29) is 11.9 Å². The number of halogens is 1. The molecule has 0 bridgehead atoms. The first-order valence-electron chi connectivity index (χ1n) is 8.82. The van der Waals surface area contributed by atoms with Gasteiger partial charge in [-0.3, -0.25) is 9.69 Å². The van der Waals surface area contributed by atoms with E-state index in [1.165, 1.54) is 0 Å². The van der Waals surface area contributed by atoms with Gasteiger partial charge in [-0.25, -0.2) is 0 Å². The molecule has 140 valence electrons. The minimum absolute atomic E-state index is 0.0153. The Balaban J connectivity index is 1.39. The van der Waals surface area contributed by atoms with Gasteiger partial charge in [-0.2, -0.15) is 4.98 Å². The lowest BCUT2D eigenvalue weighted by Gasteiger charge is -2.21. The predicted molar refractivity (Wildman–Crippen MR) is 98.7 cm³/mol. The molecule has 1 amide bonds. The molecule has 1 unspecified atom stereocenters. The highest BCUT2D eigenvalue weighted by Crippen LogP contribution is 2.23. The lowest BCUT2D eigenvalue weighted by molar-refractivity contribution is -0.126. The average molecular weight is 387 g/mol. The second-order valence-electron chi connectivity index (χ2n) is 6.45. The number of furan rings is 1. The lowest BCUT2D eigenvalue weighted by Crippen LogP contribution is -2.42. The monoisotopic (exact) mass is 386 g/mol. The first kappa shape index (κ1) is 17.8. The number of rotatable bonds is 6. The fraction of sp³-hybridized carbons (Fsp3) is 0.316. The van der Waals surface area contributed by atoms with Crippen molar-refractivity contribution in [2.45, 2.75) is 32.0 Å². The normalized spacial score (nSPS) is 17.3. The van der Waals surface area contributed by atoms with Crippen LogP contribution in [0.2, 0.25) is 5.02 Å². The van der Waals surface area contributed by atoms with Crippen molar-refractivity contribution in [3.8, 4) is 11.4 Å². The third-order valence-corrected chi connectivity index (χ3v) is 4.81. The second kappa shape index (κ2) is 7.94. The van der Waals surface area contributed by atoms with Crippen molar-refractivity contribution in [2.75, 3.05) is 6.54 Å². The molecule has 1 aromatic carbocycles. The molecule has 3 heterocycles. The topological polar surface area (TPSA) is 84.4 Å². The SMILES string of the molecule is O=C(NCc1ccco1)C1CCCN1Cc1nc(-c2cccc(Cl)c2)no1. The number of aromatic nitrogens is 2. The molecule has 1 fully saturated rings. The number of hydrogen-bond acceptors (Lipinski definition) is 6. The van der Waals surface area contributed by atoms with Gasteiger partial charge in [0, 0.05) is 10.6 Å². The Morgan fingerprint density at radius 1 is 1.33 bits per heavy atom. The van der Waals surface area contributed by atoms with Crippen molar-refractivity contribution < 1.29 is 13.7 Å². The fourth-order valence-electron chi connectivity index (χ4n) is 3.26. The highest BCUT2D eigenvalue weighted by Gasteiger charge is 2.31. The zero-order chi connectivity index (χ0) is 18.6. The smallest absolute Gasteiger partial charge is 0.241 e. The van der Waals surface area contributed by atoms with Crippen molar-refractivity contribution >= 4 is 17.5 Å². The summed E-state index contributed by atoms with van der Waals surface area (Å²) in [6.45, 7) is 1.63. The molecule has 0 spiro atoms. The Kier molecular flexibility index (Phi) is 5.22. The number of likely N-dealkylation sites (tertiary alicyclic amines) is 1. The number of carbonyl (C=O) groups excluding carboxylic acids is 1. The minimum atomic E-state index is -0.207. The van der Waals surface area contributed by atoms with Crippen LogP contribution in [0.5, 0.6) is 0 Å². The predicted octanol–water partition coefficient (Wildman–Crippen LogP) is 3.26. The standard InChI is InChI=1S/C19H19ClN4O3/c20-14-5-1-4-13(10-14)18-22-17(27-23-18)12-24-8-2-7-16(24)19(25)21-11-15-6-3-9-26-15/h1,3-6,9-10,16H,2,7-8,11-12H2,(H,21,25). The van der Waals surface area contributed by atoms with Crippen molar-refractivity contribution in [3.63, 3.8) is 0 Å². The van der Waals surface area contributed by atoms with Gasteiger partial charge < -0.3 is 14.3 Å². The Morgan fingerprint density at radius 2 is 2.26 bits per heavy atom. The van der Waals surface area contributed by atoms with Crippen LogP contribution in [0.4, 0.5) is 0 Å². The summed E-state index contributed by atoms with van der Waals surface area (Å²) in [4.78, 5) is 19.0. The molecule has 1 saturated heterocycles. The van der Waals surface area contributed by atoms with Crippen LogP contribution in [0, 0.1) is 0 Å². The second-order valence-corrected chi connectivity index (χ2v) is 6.88. The highest BCUT2D eigenvalue weighted by atomic mass is 35.5. The fourth-order valence-corrected chi connectivity index (χ4v) is 3.45. The zero-order valence-electron chi connectivity index (χ0n) is 14.6. The highest BCUT2D eigenvalue weighted by molar-refractivity contribution is 6.30. The molecule has 1 aliphatic heterocycles. The van der Waals surface area contributed by atoms with Gasteiger partial charge >= 0.3 is 0 Å². The third kappa shape index (κ3) is 4.20. The average Bonchev–Trinajstić information content (AvgIpc) is 3.42. The molecular formula is C19H19ClN4O3. The van der Waals surface area contributed by atoms with Crippen molar-refractivity contribution in [3.05, 3.63) is 59.3 Å². The summed E-state index contributed by atoms with van der Waals surface area (Å²) >= 11 is 6.01. The number of amides is 1. The van der Waals surface area contributed by atoms with Crippen LogP contribution in [0.25, 0.3) is 11.4 Å². The summed E-state index contributed by atoms with van der Waals surface area (Å²) < 4.78 is 10.6. The molecule has 1 aliphatic rings. The van der Waals surface area contributed by atoms with Crippen LogP contribution in [-0.2, 0) is 17.9 Å². The molecule has 1 atom stereocenters. The van der Waals surface area contributed by atoms with Crippen LogP contribution in [0.15, 0.2) is 51.6 Å². The molecule has 4 rings (SSSR count). The first-order chi connectivity index (χ1) is 13.2. The molecule has 27 heavy (non-hydrogen) atoms. The largest absolute Gasteiger partial charge is 0.467 e. The summed E-state index contributed by atoms with van der Waals surface area (Å²) in [6, 6.07) is 10.7. The van der Waals surface area contributed by atoms with E-state index in [4.69, 9.17) is 20.5 Å². The van der Waals surface area contributed by atoms with Gasteiger partial charge in [0.1, 0.15) is 5.76 Å². The molecule has 1 N–H and O–H groups in total. The van der Waals surface area contributed by atoms with Crippen molar-refractivity contribution in [2.24, 2.45) is 0 Å². The maximum atomic E-state index is 12.5. The number of nitrogens with zero attached hydrogens (tertiary/aromatic N) is 3. The summed E-state index contributed by atoms with van der Waals surface area (Å²) in [5, 5.41) is 7.57. The Bertz CT molecular complexity index is 909. The molecule has 0 saturated carbocycles. The van der Waals surface area contributed by atoms with Crippen molar-refractivity contribution in [1.29, 1.82) is 0 Å². The Labute approximate surface area is 161 Å². The Hall–Kier alpha value is -2.64. The molecular weight excluding hydrogens is 368 g/mol. The summed E-state index contributed by atoms with van der Waals surface area (Å²) in [7, 11) is 0. The maximum absolute atomic E-state index is 12.5. The summed E-state index contributed by atoms with van der Waals surface area (Å²) in [5.41, 5.74) is 0.798. The summed E-state index contributed by atoms with van der Waals surface area (Å²) in [6.07, 6.45) is 3.35. The number of benzene rings is 1. The quantitative estimate of drug-likeness (QED) is 0.700. The molecule has 8 heteroatoms. The van der Waals surface area contributed by atoms with E-state index in [2.05, 4.69) is 20.4 Å². The first-order valence-corrected chi connectivity index (χ1v) is 9.19. The number of hydrogen-bond donors (Lipinski definition) is 1. The van der Waals surface area contributed by atoms with E-state index in [0.717, 1.165) is 30.7 Å². The molecule has 2 aromatic heterocycles. The van der Waals surface area contributed by atoms with Crippen LogP contribution in [0.3, 0.4) is 0 Å². The van der Waals surface area contributed by atoms with Crippen LogP contribution in [0.1, 0.15) is 24.5 Å².